The molecule has 1 N–H and O–H groups in total. The Morgan fingerprint density at radius 2 is 1.74 bits per heavy atom. The molecule has 3 amide bonds. The molecule has 1 aromatic rings. The Kier molecular flexibility index (Phi) is 5.64. The summed E-state index contributed by atoms with van der Waals surface area (Å²) in [4.78, 5) is 27.5. The molecule has 0 radical (unpaired) electrons. The Hall–Kier alpha value is -2.04. The number of nitrogens with zero attached hydrogens (tertiary/aromatic N) is 2. The van der Waals surface area contributed by atoms with Crippen molar-refractivity contribution in [3.63, 3.8) is 0 Å². The molecule has 1 saturated heterocycles. The molecule has 23 heavy (non-hydrogen) atoms. The van der Waals surface area contributed by atoms with Crippen molar-refractivity contribution in [2.24, 2.45) is 0 Å². The van der Waals surface area contributed by atoms with Crippen LogP contribution >= 0.6 is 0 Å². The van der Waals surface area contributed by atoms with Crippen molar-refractivity contribution < 1.29 is 9.59 Å². The minimum absolute atomic E-state index is 0.0727. The summed E-state index contributed by atoms with van der Waals surface area (Å²) in [7, 11) is 0. The number of para-hydroxylation sites is 1. The maximum absolute atomic E-state index is 12.6. The van der Waals surface area contributed by atoms with Crippen LogP contribution in [0.4, 0.5) is 10.5 Å². The molecule has 0 aromatic heterocycles. The number of anilines is 1. The van der Waals surface area contributed by atoms with Crippen molar-refractivity contribution in [3.8, 4) is 0 Å². The summed E-state index contributed by atoms with van der Waals surface area (Å²) in [6.07, 6.45) is 0.883. The quantitative estimate of drug-likeness (QED) is 0.931. The molecule has 2 rings (SSSR count). The van der Waals surface area contributed by atoms with E-state index < -0.39 is 0 Å². The van der Waals surface area contributed by atoms with Crippen LogP contribution in [0.15, 0.2) is 18.2 Å². The lowest BCUT2D eigenvalue weighted by molar-refractivity contribution is -0.130. The second-order valence-corrected chi connectivity index (χ2v) is 6.31. The molecule has 0 unspecified atom stereocenters. The van der Waals surface area contributed by atoms with Crippen molar-refractivity contribution in [2.75, 3.05) is 31.5 Å². The summed E-state index contributed by atoms with van der Waals surface area (Å²) in [5.41, 5.74) is 3.27. The van der Waals surface area contributed by atoms with E-state index in [0.717, 1.165) is 17.7 Å². The number of aryl methyl sites for hydroxylation is 1. The van der Waals surface area contributed by atoms with Gasteiger partial charge in [-0.1, -0.05) is 39.0 Å². The number of piperazine rings is 1. The van der Waals surface area contributed by atoms with Crippen LogP contribution in [0, 0.1) is 0 Å². The number of nitrogens with one attached hydrogen (secondary N) is 1. The van der Waals surface area contributed by atoms with E-state index in [2.05, 4.69) is 44.3 Å². The fourth-order valence-corrected chi connectivity index (χ4v) is 2.96. The lowest BCUT2D eigenvalue weighted by Gasteiger charge is -2.34. The number of carbonyl (C=O) groups is 2. The molecule has 0 spiro atoms. The first kappa shape index (κ1) is 17.3. The monoisotopic (exact) mass is 317 g/mol. The van der Waals surface area contributed by atoms with E-state index in [1.165, 1.54) is 5.56 Å². The normalized spacial score (nSPS) is 15.0. The van der Waals surface area contributed by atoms with Gasteiger partial charge in [0.15, 0.2) is 0 Å². The van der Waals surface area contributed by atoms with Crippen LogP contribution in [0.25, 0.3) is 0 Å². The van der Waals surface area contributed by atoms with E-state index in [0.29, 0.717) is 32.1 Å². The van der Waals surface area contributed by atoms with Crippen LogP contribution in [0.1, 0.15) is 44.7 Å². The molecular formula is C18H27N3O2. The van der Waals surface area contributed by atoms with E-state index in [-0.39, 0.29) is 11.9 Å². The van der Waals surface area contributed by atoms with Gasteiger partial charge in [-0.3, -0.25) is 4.79 Å². The summed E-state index contributed by atoms with van der Waals surface area (Å²) in [6.45, 7) is 10.3. The molecule has 1 fully saturated rings. The molecule has 1 aliphatic heterocycles. The zero-order chi connectivity index (χ0) is 17.0. The van der Waals surface area contributed by atoms with Gasteiger partial charge in [-0.25, -0.2) is 4.79 Å². The van der Waals surface area contributed by atoms with Gasteiger partial charge in [-0.15, -0.1) is 0 Å². The fraction of sp³-hybridized carbons (Fsp3) is 0.556. The number of hydrogen-bond acceptors (Lipinski definition) is 2. The van der Waals surface area contributed by atoms with Gasteiger partial charge in [-0.05, 0) is 23.5 Å². The molecule has 0 aliphatic carbocycles. The smallest absolute Gasteiger partial charge is 0.321 e. The predicted molar refractivity (Wildman–Crippen MR) is 92.8 cm³/mol. The van der Waals surface area contributed by atoms with Crippen molar-refractivity contribution in [2.45, 2.75) is 40.0 Å². The van der Waals surface area contributed by atoms with Crippen LogP contribution in [0.5, 0.6) is 0 Å². The fourth-order valence-electron chi connectivity index (χ4n) is 2.96. The van der Waals surface area contributed by atoms with E-state index in [1.807, 2.05) is 0 Å². The van der Waals surface area contributed by atoms with Crippen molar-refractivity contribution in [1.82, 2.24) is 9.80 Å². The standard InChI is InChI=1S/C18H27N3O2/c1-5-15-7-6-8-16(13(2)3)17(15)19-18(23)21-11-9-20(10-12-21)14(4)22/h6-8,13H,5,9-12H2,1-4H3,(H,19,23). The van der Waals surface area contributed by atoms with Crippen LogP contribution in [0.2, 0.25) is 0 Å². The zero-order valence-corrected chi connectivity index (χ0v) is 14.6. The Bertz CT molecular complexity index is 576. The Labute approximate surface area is 138 Å². The highest BCUT2D eigenvalue weighted by molar-refractivity contribution is 5.91. The maximum atomic E-state index is 12.6. The van der Waals surface area contributed by atoms with Gasteiger partial charge < -0.3 is 15.1 Å². The first-order chi connectivity index (χ1) is 10.9. The summed E-state index contributed by atoms with van der Waals surface area (Å²) >= 11 is 0. The Morgan fingerprint density at radius 1 is 1.13 bits per heavy atom. The highest BCUT2D eigenvalue weighted by atomic mass is 16.2. The van der Waals surface area contributed by atoms with Gasteiger partial charge in [0, 0.05) is 38.8 Å². The highest BCUT2D eigenvalue weighted by Crippen LogP contribution is 2.28. The number of amides is 3. The number of benzene rings is 1. The van der Waals surface area contributed by atoms with Gasteiger partial charge >= 0.3 is 6.03 Å². The van der Waals surface area contributed by atoms with E-state index in [1.54, 1.807) is 16.7 Å². The minimum Gasteiger partial charge on any atom is -0.339 e. The highest BCUT2D eigenvalue weighted by Gasteiger charge is 2.23. The first-order valence-electron chi connectivity index (χ1n) is 8.37. The molecular weight excluding hydrogens is 290 g/mol. The minimum atomic E-state index is -0.0731. The lowest BCUT2D eigenvalue weighted by atomic mass is 9.96. The molecule has 0 saturated carbocycles. The second kappa shape index (κ2) is 7.49. The topological polar surface area (TPSA) is 52.7 Å². The van der Waals surface area contributed by atoms with E-state index in [9.17, 15) is 9.59 Å². The molecule has 0 bridgehead atoms. The molecule has 5 nitrogen and oxygen atoms in total. The molecule has 1 aliphatic rings. The van der Waals surface area contributed by atoms with Crippen LogP contribution in [-0.4, -0.2) is 47.9 Å². The maximum Gasteiger partial charge on any atom is 0.321 e. The number of hydrogen-bond donors (Lipinski definition) is 1. The van der Waals surface area contributed by atoms with Gasteiger partial charge in [0.05, 0.1) is 0 Å². The van der Waals surface area contributed by atoms with E-state index in [4.69, 9.17) is 0 Å². The summed E-state index contributed by atoms with van der Waals surface area (Å²) in [6, 6.07) is 6.12. The molecule has 126 valence electrons. The molecule has 0 atom stereocenters. The second-order valence-electron chi connectivity index (χ2n) is 6.31. The van der Waals surface area contributed by atoms with Crippen LogP contribution < -0.4 is 5.32 Å². The first-order valence-corrected chi connectivity index (χ1v) is 8.37. The summed E-state index contributed by atoms with van der Waals surface area (Å²) < 4.78 is 0. The van der Waals surface area contributed by atoms with Crippen molar-refractivity contribution in [1.29, 1.82) is 0 Å². The van der Waals surface area contributed by atoms with Crippen LogP contribution in [0.3, 0.4) is 0 Å². The third-order valence-electron chi connectivity index (χ3n) is 4.43. The Morgan fingerprint density at radius 3 is 2.26 bits per heavy atom. The summed E-state index contributed by atoms with van der Waals surface area (Å²) in [5.74, 6) is 0.426. The predicted octanol–water partition coefficient (Wildman–Crippen LogP) is 3.07. The van der Waals surface area contributed by atoms with Gasteiger partial charge in [-0.2, -0.15) is 0 Å². The largest absolute Gasteiger partial charge is 0.339 e. The van der Waals surface area contributed by atoms with Gasteiger partial charge in [0.25, 0.3) is 0 Å². The average Bonchev–Trinajstić information content (AvgIpc) is 2.54. The third-order valence-corrected chi connectivity index (χ3v) is 4.43. The number of rotatable bonds is 3. The Balaban J connectivity index is 2.10. The number of carbonyl (C=O) groups excluding carboxylic acids is 2. The van der Waals surface area contributed by atoms with Gasteiger partial charge in [0.1, 0.15) is 0 Å². The lowest BCUT2D eigenvalue weighted by Crippen LogP contribution is -2.51. The SMILES string of the molecule is CCc1cccc(C(C)C)c1NC(=O)N1CCN(C(C)=O)CC1. The number of urea groups is 1. The zero-order valence-electron chi connectivity index (χ0n) is 14.6. The van der Waals surface area contributed by atoms with Crippen LogP contribution in [-0.2, 0) is 11.2 Å². The van der Waals surface area contributed by atoms with Crippen molar-refractivity contribution >= 4 is 17.6 Å². The van der Waals surface area contributed by atoms with Crippen molar-refractivity contribution in [3.05, 3.63) is 29.3 Å². The summed E-state index contributed by atoms with van der Waals surface area (Å²) in [5, 5.41) is 3.11. The van der Waals surface area contributed by atoms with E-state index >= 15 is 0 Å². The average molecular weight is 317 g/mol. The molecule has 5 heteroatoms. The molecule has 1 heterocycles. The van der Waals surface area contributed by atoms with Gasteiger partial charge in [0.2, 0.25) is 5.91 Å². The molecule has 1 aromatic carbocycles. The third kappa shape index (κ3) is 4.03.